The molecule has 0 saturated heterocycles. The van der Waals surface area contributed by atoms with Crippen LogP contribution in [0.25, 0.3) is 0 Å². The first-order valence-electron chi connectivity index (χ1n) is 11.3. The van der Waals surface area contributed by atoms with Crippen LogP contribution in [0, 0.1) is 11.5 Å². The monoisotopic (exact) mass is 461 g/mol. The van der Waals surface area contributed by atoms with Gasteiger partial charge in [-0.2, -0.15) is 5.26 Å². The molecule has 0 aliphatic heterocycles. The van der Waals surface area contributed by atoms with Crippen LogP contribution in [-0.4, -0.2) is 43.2 Å². The predicted octanol–water partition coefficient (Wildman–Crippen LogP) is 3.21. The fourth-order valence-corrected chi connectivity index (χ4v) is 4.48. The highest BCUT2D eigenvalue weighted by atomic mass is 16.5. The molecule has 0 radical (unpaired) electrons. The number of hydrogen-bond acceptors (Lipinski definition) is 5. The van der Waals surface area contributed by atoms with E-state index in [1.165, 1.54) is 6.07 Å². The van der Waals surface area contributed by atoms with Crippen molar-refractivity contribution in [3.8, 4) is 17.7 Å². The van der Waals surface area contributed by atoms with E-state index in [-0.39, 0.29) is 28.7 Å². The van der Waals surface area contributed by atoms with Gasteiger partial charge in [-0.15, -0.1) is 11.6 Å². The lowest BCUT2D eigenvalue weighted by atomic mass is 9.67. The second-order valence-corrected chi connectivity index (χ2v) is 8.33. The first-order chi connectivity index (χ1) is 16.5. The third-order valence-corrected chi connectivity index (χ3v) is 6.27. The van der Waals surface area contributed by atoms with Crippen LogP contribution in [0.15, 0.2) is 66.2 Å². The number of carbonyl (C=O) groups excluding carboxylic acids is 1. The summed E-state index contributed by atoms with van der Waals surface area (Å²) in [4.78, 5) is 16.7. The highest BCUT2D eigenvalue weighted by Gasteiger charge is 2.39. The third-order valence-electron chi connectivity index (χ3n) is 6.27. The Hall–Kier alpha value is -3.99. The molecule has 1 aliphatic rings. The highest BCUT2D eigenvalue weighted by Crippen LogP contribution is 2.43. The number of benzene rings is 2. The Bertz CT molecular complexity index is 1070. The molecule has 1 amide bonds. The van der Waals surface area contributed by atoms with Gasteiger partial charge in [0.2, 0.25) is 12.2 Å². The molecule has 0 aromatic heterocycles. The summed E-state index contributed by atoms with van der Waals surface area (Å²) in [6, 6.07) is 14.5. The number of para-hydroxylation sites is 2. The molecule has 0 bridgehead atoms. The molecule has 4 N–H and O–H groups in total. The fourth-order valence-electron chi connectivity index (χ4n) is 4.48. The van der Waals surface area contributed by atoms with Crippen molar-refractivity contribution in [3.05, 3.63) is 72.3 Å². The summed E-state index contributed by atoms with van der Waals surface area (Å²) >= 11 is 0. The zero-order valence-electron chi connectivity index (χ0n) is 19.4. The topological polar surface area (TPSA) is 119 Å². The van der Waals surface area contributed by atoms with Crippen molar-refractivity contribution in [1.82, 2.24) is 16.0 Å². The SMILES string of the molecule is C=CCN/C(=N\C#N)N[C@H]1CC[C@](CNC(=O)c2ccccc2O)(c2ccccc2OC)CC1. The number of ether oxygens (including phenoxy) is 1. The van der Waals surface area contributed by atoms with Crippen LogP contribution in [0.1, 0.15) is 41.6 Å². The Labute approximate surface area is 200 Å². The van der Waals surface area contributed by atoms with Crippen molar-refractivity contribution in [1.29, 1.82) is 5.26 Å². The average Bonchev–Trinajstić information content (AvgIpc) is 2.87. The van der Waals surface area contributed by atoms with Gasteiger partial charge in [0.15, 0.2) is 0 Å². The third kappa shape index (κ3) is 5.87. The Morgan fingerprint density at radius 3 is 2.62 bits per heavy atom. The molecular formula is C26H31N5O3. The average molecular weight is 462 g/mol. The van der Waals surface area contributed by atoms with Gasteiger partial charge in [-0.25, -0.2) is 0 Å². The Kier molecular flexibility index (Phi) is 8.52. The maximum atomic E-state index is 12.8. The van der Waals surface area contributed by atoms with Crippen LogP contribution in [0.2, 0.25) is 0 Å². The number of nitrogens with one attached hydrogen (secondary N) is 3. The molecule has 8 nitrogen and oxygen atoms in total. The van der Waals surface area contributed by atoms with E-state index in [0.29, 0.717) is 19.0 Å². The summed E-state index contributed by atoms with van der Waals surface area (Å²) in [5.41, 5.74) is 0.953. The van der Waals surface area contributed by atoms with Gasteiger partial charge in [0.25, 0.3) is 5.91 Å². The number of aromatic hydroxyl groups is 1. The van der Waals surface area contributed by atoms with E-state index >= 15 is 0 Å². The maximum absolute atomic E-state index is 12.8. The lowest BCUT2D eigenvalue weighted by molar-refractivity contribution is 0.0931. The molecular weight excluding hydrogens is 430 g/mol. The molecule has 8 heteroatoms. The summed E-state index contributed by atoms with van der Waals surface area (Å²) in [5, 5.41) is 28.5. The second-order valence-electron chi connectivity index (χ2n) is 8.33. The summed E-state index contributed by atoms with van der Waals surface area (Å²) in [6.07, 6.45) is 6.71. The molecule has 2 aromatic rings. The molecule has 0 spiro atoms. The van der Waals surface area contributed by atoms with E-state index in [2.05, 4.69) is 27.5 Å². The Balaban J connectivity index is 1.79. The number of guanidine groups is 1. The van der Waals surface area contributed by atoms with Crippen LogP contribution < -0.4 is 20.7 Å². The number of methoxy groups -OCH3 is 1. The molecule has 0 unspecified atom stereocenters. The number of nitrogens with zero attached hydrogens (tertiary/aromatic N) is 2. The maximum Gasteiger partial charge on any atom is 0.255 e. The number of phenols is 1. The van der Waals surface area contributed by atoms with Gasteiger partial charge >= 0.3 is 0 Å². The normalized spacial score (nSPS) is 20.0. The fraction of sp³-hybridized carbons (Fsp3) is 0.346. The van der Waals surface area contributed by atoms with Gasteiger partial charge in [-0.3, -0.25) is 4.79 Å². The van der Waals surface area contributed by atoms with E-state index < -0.39 is 0 Å². The number of carbonyl (C=O) groups is 1. The van der Waals surface area contributed by atoms with Gasteiger partial charge in [0.1, 0.15) is 11.5 Å². The Morgan fingerprint density at radius 1 is 1.24 bits per heavy atom. The van der Waals surface area contributed by atoms with Crippen LogP contribution in [-0.2, 0) is 5.41 Å². The lowest BCUT2D eigenvalue weighted by Crippen LogP contribution is -2.49. The smallest absolute Gasteiger partial charge is 0.255 e. The molecule has 2 aromatic carbocycles. The number of amides is 1. The van der Waals surface area contributed by atoms with Gasteiger partial charge < -0.3 is 25.8 Å². The van der Waals surface area contributed by atoms with Crippen LogP contribution in [0.5, 0.6) is 11.5 Å². The summed E-state index contributed by atoms with van der Waals surface area (Å²) in [5.74, 6) is 0.857. The summed E-state index contributed by atoms with van der Waals surface area (Å²) < 4.78 is 5.66. The van der Waals surface area contributed by atoms with Crippen molar-refractivity contribution in [3.63, 3.8) is 0 Å². The number of nitriles is 1. The van der Waals surface area contributed by atoms with E-state index in [9.17, 15) is 9.90 Å². The van der Waals surface area contributed by atoms with Crippen molar-refractivity contribution < 1.29 is 14.6 Å². The Morgan fingerprint density at radius 2 is 1.94 bits per heavy atom. The predicted molar refractivity (Wildman–Crippen MR) is 132 cm³/mol. The van der Waals surface area contributed by atoms with Crippen molar-refractivity contribution >= 4 is 11.9 Å². The van der Waals surface area contributed by atoms with E-state index in [1.54, 1.807) is 31.4 Å². The second kappa shape index (κ2) is 11.8. The number of hydrogen-bond donors (Lipinski definition) is 4. The van der Waals surface area contributed by atoms with Gasteiger partial charge in [-0.05, 0) is 43.9 Å². The van der Waals surface area contributed by atoms with Crippen LogP contribution in [0.4, 0.5) is 0 Å². The van der Waals surface area contributed by atoms with Crippen LogP contribution >= 0.6 is 0 Å². The van der Waals surface area contributed by atoms with Crippen molar-refractivity contribution in [2.75, 3.05) is 20.2 Å². The van der Waals surface area contributed by atoms with Gasteiger partial charge in [-0.1, -0.05) is 36.4 Å². The zero-order valence-corrected chi connectivity index (χ0v) is 19.4. The number of rotatable bonds is 8. The minimum Gasteiger partial charge on any atom is -0.507 e. The largest absolute Gasteiger partial charge is 0.507 e. The van der Waals surface area contributed by atoms with E-state index in [0.717, 1.165) is 37.0 Å². The van der Waals surface area contributed by atoms with Crippen molar-refractivity contribution in [2.24, 2.45) is 4.99 Å². The van der Waals surface area contributed by atoms with Crippen molar-refractivity contribution in [2.45, 2.75) is 37.1 Å². The first kappa shape index (κ1) is 24.6. The first-order valence-corrected chi connectivity index (χ1v) is 11.3. The lowest BCUT2D eigenvalue weighted by Gasteiger charge is -2.41. The zero-order chi connectivity index (χ0) is 24.4. The molecule has 1 fully saturated rings. The highest BCUT2D eigenvalue weighted by molar-refractivity contribution is 5.96. The molecule has 34 heavy (non-hydrogen) atoms. The molecule has 178 valence electrons. The quantitative estimate of drug-likeness (QED) is 0.207. The number of phenolic OH excluding ortho intramolecular Hbond substituents is 1. The standard InChI is InChI=1S/C26H31N5O3/c1-3-16-28-25(30-18-27)31-19-12-14-26(15-13-19,21-9-5-7-11-23(21)34-2)17-29-24(33)20-8-4-6-10-22(20)32/h3-11,19,32H,1,12-17H2,2H3,(H,29,33)(H2,28,30,31)/t19-,26-. The minimum absolute atomic E-state index is 0.0458. The van der Waals surface area contributed by atoms with Crippen LogP contribution in [0.3, 0.4) is 0 Å². The molecule has 3 rings (SSSR count). The number of aliphatic imine (C=N–C) groups is 1. The van der Waals surface area contributed by atoms with Gasteiger partial charge in [0, 0.05) is 30.1 Å². The molecule has 1 saturated carbocycles. The molecule has 0 atom stereocenters. The van der Waals surface area contributed by atoms with E-state index in [4.69, 9.17) is 10.00 Å². The van der Waals surface area contributed by atoms with Gasteiger partial charge in [0.05, 0.1) is 12.7 Å². The summed E-state index contributed by atoms with van der Waals surface area (Å²) in [6.45, 7) is 4.59. The molecule has 1 aliphatic carbocycles. The van der Waals surface area contributed by atoms with E-state index in [1.807, 2.05) is 30.5 Å². The minimum atomic E-state index is -0.341. The summed E-state index contributed by atoms with van der Waals surface area (Å²) in [7, 11) is 1.65. The molecule has 0 heterocycles.